The third kappa shape index (κ3) is 2.52. The van der Waals surface area contributed by atoms with E-state index < -0.39 is 0 Å². The van der Waals surface area contributed by atoms with E-state index in [0.29, 0.717) is 13.1 Å². The average molecular weight is 274 g/mol. The molecule has 2 aliphatic heterocycles. The average Bonchev–Trinajstić information content (AvgIpc) is 2.56. The molecule has 2 aliphatic rings. The first-order valence-corrected chi connectivity index (χ1v) is 7.33. The van der Waals surface area contributed by atoms with Crippen molar-refractivity contribution in [3.63, 3.8) is 0 Å². The molecule has 20 heavy (non-hydrogen) atoms. The molecule has 1 amide bonds. The lowest BCUT2D eigenvalue weighted by Gasteiger charge is -2.39. The lowest BCUT2D eigenvalue weighted by Crippen LogP contribution is -2.53. The molecule has 0 atom stereocenters. The predicted molar refractivity (Wildman–Crippen MR) is 77.7 cm³/mol. The van der Waals surface area contributed by atoms with Crippen LogP contribution in [0.15, 0.2) is 18.2 Å². The van der Waals surface area contributed by atoms with Gasteiger partial charge in [0, 0.05) is 31.9 Å². The molecule has 1 saturated heterocycles. The summed E-state index contributed by atoms with van der Waals surface area (Å²) >= 11 is 0. The SMILES string of the molecule is CC(=O)N1Cc2cc(C)ccc2OC2(CCNCC2)C1. The summed E-state index contributed by atoms with van der Waals surface area (Å²) in [4.78, 5) is 13.9. The molecule has 3 rings (SSSR count). The van der Waals surface area contributed by atoms with Gasteiger partial charge in [-0.25, -0.2) is 0 Å². The maximum absolute atomic E-state index is 11.9. The second-order valence-corrected chi connectivity index (χ2v) is 6.02. The summed E-state index contributed by atoms with van der Waals surface area (Å²) in [6.45, 7) is 6.97. The minimum Gasteiger partial charge on any atom is -0.485 e. The predicted octanol–water partition coefficient (Wildman–Crippen LogP) is 1.86. The van der Waals surface area contributed by atoms with Crippen LogP contribution >= 0.6 is 0 Å². The van der Waals surface area contributed by atoms with Crippen LogP contribution in [0, 0.1) is 6.92 Å². The van der Waals surface area contributed by atoms with Crippen LogP contribution in [0.1, 0.15) is 30.9 Å². The van der Waals surface area contributed by atoms with Crippen molar-refractivity contribution < 1.29 is 9.53 Å². The van der Waals surface area contributed by atoms with E-state index in [2.05, 4.69) is 30.4 Å². The number of rotatable bonds is 0. The van der Waals surface area contributed by atoms with E-state index in [9.17, 15) is 4.79 Å². The van der Waals surface area contributed by atoms with Crippen LogP contribution < -0.4 is 10.1 Å². The van der Waals surface area contributed by atoms with Crippen molar-refractivity contribution in [1.82, 2.24) is 10.2 Å². The fraction of sp³-hybridized carbons (Fsp3) is 0.562. The molecule has 1 N–H and O–H groups in total. The van der Waals surface area contributed by atoms with Gasteiger partial charge in [-0.2, -0.15) is 0 Å². The summed E-state index contributed by atoms with van der Waals surface area (Å²) in [6, 6.07) is 6.26. The van der Waals surface area contributed by atoms with Gasteiger partial charge in [0.25, 0.3) is 0 Å². The van der Waals surface area contributed by atoms with E-state index in [1.165, 1.54) is 5.56 Å². The quantitative estimate of drug-likeness (QED) is 0.785. The largest absolute Gasteiger partial charge is 0.485 e. The molecule has 1 aromatic carbocycles. The molecule has 0 unspecified atom stereocenters. The topological polar surface area (TPSA) is 41.6 Å². The minimum atomic E-state index is -0.225. The van der Waals surface area contributed by atoms with Gasteiger partial charge in [0.2, 0.25) is 5.91 Å². The number of fused-ring (bicyclic) bond motifs is 1. The third-order valence-corrected chi connectivity index (χ3v) is 4.34. The Kier molecular flexibility index (Phi) is 3.42. The van der Waals surface area contributed by atoms with Gasteiger partial charge in [-0.1, -0.05) is 17.7 Å². The summed E-state index contributed by atoms with van der Waals surface area (Å²) in [7, 11) is 0. The van der Waals surface area contributed by atoms with E-state index in [0.717, 1.165) is 37.2 Å². The molecule has 1 fully saturated rings. The summed E-state index contributed by atoms with van der Waals surface area (Å²) in [5.41, 5.74) is 2.10. The first-order valence-electron chi connectivity index (χ1n) is 7.33. The number of carbonyl (C=O) groups is 1. The zero-order valence-electron chi connectivity index (χ0n) is 12.2. The molecule has 4 nitrogen and oxygen atoms in total. The lowest BCUT2D eigenvalue weighted by molar-refractivity contribution is -0.132. The standard InChI is InChI=1S/C16H22N2O2/c1-12-3-4-15-14(9-12)10-18(13(2)19)11-16(20-15)5-7-17-8-6-16/h3-4,9,17H,5-8,10-11H2,1-2H3. The molecular weight excluding hydrogens is 252 g/mol. The fourth-order valence-corrected chi connectivity index (χ4v) is 3.17. The van der Waals surface area contributed by atoms with Crippen molar-refractivity contribution in [2.45, 2.75) is 38.8 Å². The number of nitrogens with one attached hydrogen (secondary N) is 1. The number of aryl methyl sites for hydroxylation is 1. The van der Waals surface area contributed by atoms with E-state index in [-0.39, 0.29) is 11.5 Å². The zero-order valence-corrected chi connectivity index (χ0v) is 12.2. The van der Waals surface area contributed by atoms with Crippen molar-refractivity contribution in [1.29, 1.82) is 0 Å². The van der Waals surface area contributed by atoms with Crippen molar-refractivity contribution in [2.24, 2.45) is 0 Å². The fourth-order valence-electron chi connectivity index (χ4n) is 3.17. The first-order chi connectivity index (χ1) is 9.58. The Hall–Kier alpha value is -1.55. The van der Waals surface area contributed by atoms with Gasteiger partial charge in [0.05, 0.1) is 6.54 Å². The Bertz CT molecular complexity index is 521. The monoisotopic (exact) mass is 274 g/mol. The molecule has 0 aliphatic carbocycles. The Morgan fingerprint density at radius 2 is 2.10 bits per heavy atom. The Morgan fingerprint density at radius 3 is 2.80 bits per heavy atom. The number of nitrogens with zero attached hydrogens (tertiary/aromatic N) is 1. The van der Waals surface area contributed by atoms with Gasteiger partial charge < -0.3 is 15.0 Å². The maximum atomic E-state index is 11.9. The molecule has 0 radical (unpaired) electrons. The number of ether oxygens (including phenoxy) is 1. The van der Waals surface area contributed by atoms with E-state index in [1.54, 1.807) is 6.92 Å². The van der Waals surface area contributed by atoms with Gasteiger partial charge in [-0.05, 0) is 26.1 Å². The highest BCUT2D eigenvalue weighted by molar-refractivity contribution is 5.73. The highest BCUT2D eigenvalue weighted by Crippen LogP contribution is 2.34. The van der Waals surface area contributed by atoms with Crippen LogP contribution in [0.5, 0.6) is 5.75 Å². The molecule has 4 heteroatoms. The van der Waals surface area contributed by atoms with Crippen molar-refractivity contribution in [2.75, 3.05) is 19.6 Å². The number of amides is 1. The normalized spacial score (nSPS) is 21.0. The van der Waals surface area contributed by atoms with E-state index >= 15 is 0 Å². The highest BCUT2D eigenvalue weighted by Gasteiger charge is 2.39. The first kappa shape index (κ1) is 13.4. The molecule has 0 saturated carbocycles. The van der Waals surface area contributed by atoms with Gasteiger partial charge in [0.1, 0.15) is 11.4 Å². The summed E-state index contributed by atoms with van der Waals surface area (Å²) in [5.74, 6) is 1.07. The molecule has 1 spiro atoms. The molecule has 108 valence electrons. The summed E-state index contributed by atoms with van der Waals surface area (Å²) < 4.78 is 6.39. The highest BCUT2D eigenvalue weighted by atomic mass is 16.5. The minimum absolute atomic E-state index is 0.126. The van der Waals surface area contributed by atoms with Gasteiger partial charge in [-0.3, -0.25) is 4.79 Å². The second-order valence-electron chi connectivity index (χ2n) is 6.02. The Labute approximate surface area is 120 Å². The number of carbonyl (C=O) groups excluding carboxylic acids is 1. The zero-order chi connectivity index (χ0) is 14.2. The Morgan fingerprint density at radius 1 is 1.35 bits per heavy atom. The van der Waals surface area contributed by atoms with Crippen LogP contribution in [-0.2, 0) is 11.3 Å². The van der Waals surface area contributed by atoms with Crippen LogP contribution in [-0.4, -0.2) is 36.0 Å². The van der Waals surface area contributed by atoms with Crippen molar-refractivity contribution in [3.8, 4) is 5.75 Å². The maximum Gasteiger partial charge on any atom is 0.219 e. The molecule has 0 aromatic heterocycles. The van der Waals surface area contributed by atoms with Gasteiger partial charge in [-0.15, -0.1) is 0 Å². The van der Waals surface area contributed by atoms with Crippen LogP contribution in [0.25, 0.3) is 0 Å². The molecule has 2 heterocycles. The second kappa shape index (κ2) is 5.09. The smallest absolute Gasteiger partial charge is 0.219 e. The van der Waals surface area contributed by atoms with Crippen LogP contribution in [0.2, 0.25) is 0 Å². The number of piperidine rings is 1. The number of hydrogen-bond acceptors (Lipinski definition) is 3. The number of benzene rings is 1. The number of hydrogen-bond donors (Lipinski definition) is 1. The van der Waals surface area contributed by atoms with Crippen LogP contribution in [0.3, 0.4) is 0 Å². The van der Waals surface area contributed by atoms with Crippen molar-refractivity contribution in [3.05, 3.63) is 29.3 Å². The Balaban J connectivity index is 1.99. The van der Waals surface area contributed by atoms with Crippen LogP contribution in [0.4, 0.5) is 0 Å². The van der Waals surface area contributed by atoms with Crippen molar-refractivity contribution >= 4 is 5.91 Å². The molecule has 1 aromatic rings. The lowest BCUT2D eigenvalue weighted by atomic mass is 9.91. The van der Waals surface area contributed by atoms with E-state index in [1.807, 2.05) is 4.90 Å². The summed E-state index contributed by atoms with van der Waals surface area (Å²) in [5, 5.41) is 3.37. The molecular formula is C16H22N2O2. The third-order valence-electron chi connectivity index (χ3n) is 4.34. The van der Waals surface area contributed by atoms with Gasteiger partial charge in [0.15, 0.2) is 0 Å². The molecule has 0 bridgehead atoms. The summed E-state index contributed by atoms with van der Waals surface area (Å²) in [6.07, 6.45) is 1.90. The van der Waals surface area contributed by atoms with Gasteiger partial charge >= 0.3 is 0 Å². The van der Waals surface area contributed by atoms with E-state index in [4.69, 9.17) is 4.74 Å².